The minimum atomic E-state index is -0.500. The van der Waals surface area contributed by atoms with E-state index in [-0.39, 0.29) is 23.6 Å². The number of rotatable bonds is 10. The third-order valence-corrected chi connectivity index (χ3v) is 8.00. The average Bonchev–Trinajstić information content (AvgIpc) is 2.82. The lowest BCUT2D eigenvalue weighted by molar-refractivity contribution is -0.139. The van der Waals surface area contributed by atoms with E-state index in [1.807, 2.05) is 44.2 Å². The summed E-state index contributed by atoms with van der Waals surface area (Å²) in [5.41, 5.74) is 3.01. The van der Waals surface area contributed by atoms with Gasteiger partial charge in [0.05, 0.1) is 5.75 Å². The van der Waals surface area contributed by atoms with Gasteiger partial charge in [0.25, 0.3) is 0 Å². The molecule has 2 aromatic carbocycles. The van der Waals surface area contributed by atoms with Crippen molar-refractivity contribution in [2.75, 3.05) is 5.75 Å². The fraction of sp³-hybridized carbons (Fsp3) is 0.481. The Kier molecular flexibility index (Phi) is 10.6. The minimum Gasteiger partial charge on any atom is -0.352 e. The lowest BCUT2D eigenvalue weighted by Crippen LogP contribution is -2.52. The molecule has 3 rings (SSSR count). The van der Waals surface area contributed by atoms with Crippen LogP contribution < -0.4 is 5.32 Å². The molecule has 7 heteroatoms. The molecule has 0 radical (unpaired) electrons. The van der Waals surface area contributed by atoms with Crippen molar-refractivity contribution >= 4 is 46.8 Å². The van der Waals surface area contributed by atoms with Crippen LogP contribution in [0.15, 0.2) is 42.5 Å². The summed E-state index contributed by atoms with van der Waals surface area (Å²) in [7, 11) is 0. The van der Waals surface area contributed by atoms with E-state index < -0.39 is 6.04 Å². The van der Waals surface area contributed by atoms with Crippen LogP contribution in [-0.2, 0) is 21.9 Å². The highest BCUT2D eigenvalue weighted by molar-refractivity contribution is 7.99. The van der Waals surface area contributed by atoms with E-state index in [0.29, 0.717) is 28.8 Å². The van der Waals surface area contributed by atoms with Gasteiger partial charge in [0.15, 0.2) is 0 Å². The molecular formula is C27H34Cl2N2O2S. The summed E-state index contributed by atoms with van der Waals surface area (Å²) in [6.45, 7) is 4.41. The largest absolute Gasteiger partial charge is 0.352 e. The number of aryl methyl sites for hydroxylation is 1. The van der Waals surface area contributed by atoms with E-state index in [1.54, 1.807) is 17.0 Å². The van der Waals surface area contributed by atoms with Gasteiger partial charge >= 0.3 is 0 Å². The number of nitrogens with zero attached hydrogens (tertiary/aromatic N) is 1. The van der Waals surface area contributed by atoms with Crippen LogP contribution in [0, 0.1) is 6.92 Å². The van der Waals surface area contributed by atoms with Gasteiger partial charge < -0.3 is 10.2 Å². The van der Waals surface area contributed by atoms with E-state index in [0.717, 1.165) is 42.4 Å². The maximum absolute atomic E-state index is 13.4. The van der Waals surface area contributed by atoms with Crippen molar-refractivity contribution in [2.24, 2.45) is 0 Å². The normalized spacial score (nSPS) is 15.1. The Hall–Kier alpha value is -1.69. The van der Waals surface area contributed by atoms with E-state index in [4.69, 9.17) is 23.2 Å². The van der Waals surface area contributed by atoms with Crippen LogP contribution in [0.4, 0.5) is 0 Å². The second-order valence-electron chi connectivity index (χ2n) is 8.97. The van der Waals surface area contributed by atoms with Gasteiger partial charge in [-0.1, -0.05) is 85.3 Å². The highest BCUT2D eigenvalue weighted by Crippen LogP contribution is 2.28. The number of amides is 2. The number of thioether (sulfide) groups is 1. The molecule has 1 aliphatic rings. The van der Waals surface area contributed by atoms with Crippen LogP contribution in [0.2, 0.25) is 10.0 Å². The summed E-state index contributed by atoms with van der Waals surface area (Å²) < 4.78 is 0. The molecule has 1 saturated carbocycles. The smallest absolute Gasteiger partial charge is 0.243 e. The van der Waals surface area contributed by atoms with Crippen molar-refractivity contribution in [3.63, 3.8) is 0 Å². The highest BCUT2D eigenvalue weighted by Gasteiger charge is 2.30. The molecule has 0 saturated heterocycles. The Bertz CT molecular complexity index is 941. The molecule has 1 fully saturated rings. The molecule has 1 N–H and O–H groups in total. The van der Waals surface area contributed by atoms with Gasteiger partial charge in [0, 0.05) is 28.4 Å². The maximum Gasteiger partial charge on any atom is 0.243 e. The third kappa shape index (κ3) is 7.66. The van der Waals surface area contributed by atoms with Crippen molar-refractivity contribution < 1.29 is 9.59 Å². The molecule has 0 aromatic heterocycles. The maximum atomic E-state index is 13.4. The van der Waals surface area contributed by atoms with Gasteiger partial charge in [-0.05, 0) is 49.4 Å². The van der Waals surface area contributed by atoms with E-state index in [2.05, 4.69) is 5.32 Å². The number of carbonyl (C=O) groups excluding carboxylic acids is 2. The summed E-state index contributed by atoms with van der Waals surface area (Å²) in [4.78, 5) is 28.4. The summed E-state index contributed by atoms with van der Waals surface area (Å²) in [5.74, 6) is 0.683. The molecule has 0 unspecified atom stereocenters. The van der Waals surface area contributed by atoms with Crippen molar-refractivity contribution in [3.05, 3.63) is 69.2 Å². The van der Waals surface area contributed by atoms with Crippen LogP contribution in [-0.4, -0.2) is 34.6 Å². The van der Waals surface area contributed by atoms with Gasteiger partial charge in [-0.3, -0.25) is 9.59 Å². The van der Waals surface area contributed by atoms with Crippen molar-refractivity contribution in [1.82, 2.24) is 10.2 Å². The van der Waals surface area contributed by atoms with Crippen LogP contribution in [0.1, 0.15) is 62.1 Å². The average molecular weight is 522 g/mol. The van der Waals surface area contributed by atoms with E-state index in [1.165, 1.54) is 18.2 Å². The number of benzene rings is 2. The summed E-state index contributed by atoms with van der Waals surface area (Å²) >= 11 is 14.0. The van der Waals surface area contributed by atoms with Gasteiger partial charge in [-0.25, -0.2) is 0 Å². The number of hydrogen-bond acceptors (Lipinski definition) is 3. The van der Waals surface area contributed by atoms with Crippen LogP contribution in [0.5, 0.6) is 0 Å². The summed E-state index contributed by atoms with van der Waals surface area (Å²) in [6.07, 6.45) is 6.13. The molecule has 2 aromatic rings. The number of hydrogen-bond donors (Lipinski definition) is 1. The first kappa shape index (κ1) is 26.9. The molecule has 0 bridgehead atoms. The molecule has 2 amide bonds. The Morgan fingerprint density at radius 2 is 1.71 bits per heavy atom. The fourth-order valence-corrected chi connectivity index (χ4v) is 5.99. The molecule has 0 spiro atoms. The van der Waals surface area contributed by atoms with Crippen molar-refractivity contribution in [3.8, 4) is 0 Å². The molecule has 0 heterocycles. The first-order valence-electron chi connectivity index (χ1n) is 12.0. The van der Waals surface area contributed by atoms with Gasteiger partial charge in [0.1, 0.15) is 6.04 Å². The second-order valence-corrected chi connectivity index (χ2v) is 10.8. The lowest BCUT2D eigenvalue weighted by atomic mass is 9.95. The third-order valence-electron chi connectivity index (χ3n) is 6.34. The molecular weight excluding hydrogens is 487 g/mol. The first-order valence-corrected chi connectivity index (χ1v) is 14.0. The minimum absolute atomic E-state index is 0.0472. The van der Waals surface area contributed by atoms with Gasteiger partial charge in [-0.2, -0.15) is 0 Å². The Morgan fingerprint density at radius 1 is 1.06 bits per heavy atom. The highest BCUT2D eigenvalue weighted by atomic mass is 35.5. The van der Waals surface area contributed by atoms with Crippen molar-refractivity contribution in [1.29, 1.82) is 0 Å². The topological polar surface area (TPSA) is 49.4 Å². The predicted octanol–water partition coefficient (Wildman–Crippen LogP) is 6.79. The molecule has 184 valence electrons. The van der Waals surface area contributed by atoms with Crippen LogP contribution in [0.3, 0.4) is 0 Å². The zero-order chi connectivity index (χ0) is 24.5. The summed E-state index contributed by atoms with van der Waals surface area (Å²) in [6, 6.07) is 13.3. The fourth-order valence-electron chi connectivity index (χ4n) is 4.35. The number of nitrogens with one attached hydrogen (secondary N) is 1. The first-order chi connectivity index (χ1) is 16.4. The molecule has 4 nitrogen and oxygen atoms in total. The molecule has 1 atom stereocenters. The number of halogens is 2. The Morgan fingerprint density at radius 3 is 2.32 bits per heavy atom. The zero-order valence-electron chi connectivity index (χ0n) is 20.0. The van der Waals surface area contributed by atoms with Gasteiger partial charge in [-0.15, -0.1) is 11.8 Å². The number of carbonyl (C=O) groups is 2. The Balaban J connectivity index is 1.72. The van der Waals surface area contributed by atoms with Crippen LogP contribution in [0.25, 0.3) is 0 Å². The SMILES string of the molecule is CC[C@@H](C(=O)NC1CCCCC1)N(Cc1ccc(C)cc1)C(=O)CSCc1c(Cl)cccc1Cl. The predicted molar refractivity (Wildman–Crippen MR) is 143 cm³/mol. The monoisotopic (exact) mass is 520 g/mol. The van der Waals surface area contributed by atoms with Gasteiger partial charge in [0.2, 0.25) is 11.8 Å². The lowest BCUT2D eigenvalue weighted by Gasteiger charge is -2.32. The van der Waals surface area contributed by atoms with E-state index >= 15 is 0 Å². The Labute approximate surface area is 217 Å². The molecule has 0 aliphatic heterocycles. The zero-order valence-corrected chi connectivity index (χ0v) is 22.3. The summed E-state index contributed by atoms with van der Waals surface area (Å²) in [5, 5.41) is 4.42. The molecule has 34 heavy (non-hydrogen) atoms. The standard InChI is InChI=1S/C27H34Cl2N2O2S/c1-3-25(27(33)30-21-8-5-4-6-9-21)31(16-20-14-12-19(2)13-15-20)26(32)18-34-17-22-23(28)10-7-11-24(22)29/h7,10-15,21,25H,3-6,8-9,16-18H2,1-2H3,(H,30,33)/t25-/m0/s1. The molecule has 1 aliphatic carbocycles. The quantitative estimate of drug-likeness (QED) is 0.375. The van der Waals surface area contributed by atoms with Crippen LogP contribution >= 0.6 is 35.0 Å². The van der Waals surface area contributed by atoms with E-state index in [9.17, 15) is 9.59 Å². The van der Waals surface area contributed by atoms with Crippen molar-refractivity contribution in [2.45, 2.75) is 76.8 Å². The second kappa shape index (κ2) is 13.4.